The summed E-state index contributed by atoms with van der Waals surface area (Å²) in [6.07, 6.45) is 1.25. The number of carboxylic acids is 1. The summed E-state index contributed by atoms with van der Waals surface area (Å²) in [5.41, 5.74) is 4.61. The first-order valence-corrected chi connectivity index (χ1v) is 1.67. The van der Waals surface area contributed by atoms with Gasteiger partial charge in [0.05, 0.1) is 0 Å². The van der Waals surface area contributed by atoms with Gasteiger partial charge in [-0.25, -0.2) is 0 Å². The van der Waals surface area contributed by atoms with Crippen molar-refractivity contribution in [3.05, 3.63) is 12.8 Å². The van der Waals surface area contributed by atoms with Crippen molar-refractivity contribution in [3.8, 4) is 0 Å². The van der Waals surface area contributed by atoms with E-state index >= 15 is 0 Å². The Kier molecular flexibility index (Phi) is 128. The summed E-state index contributed by atoms with van der Waals surface area (Å²) in [6.45, 7) is 4.22. The van der Waals surface area contributed by atoms with Gasteiger partial charge in [0.25, 0.3) is 5.97 Å². The Balaban J connectivity index is -0.00000000275. The molecule has 0 rings (SSSR count). The number of carbonyl (C=O) groups is 1. The molecule has 0 radical (unpaired) electrons. The maximum absolute atomic E-state index is 9.00. The molecule has 0 aliphatic heterocycles. The second kappa shape index (κ2) is 38.2. The zero-order valence-electron chi connectivity index (χ0n) is 12.2. The van der Waals surface area contributed by atoms with E-state index in [9.17, 15) is 0 Å². The Morgan fingerprint density at radius 1 is 1.45 bits per heavy atom. The molecule has 0 aliphatic carbocycles. The van der Waals surface area contributed by atoms with Crippen molar-refractivity contribution in [2.24, 2.45) is 5.73 Å². The van der Waals surface area contributed by atoms with E-state index in [4.69, 9.17) is 9.90 Å². The molecular weight excluding hydrogens is 186 g/mol. The smallest absolute Gasteiger partial charge is 1.00 e. The SMILES string of the molecule is C=CN.CC(=O)O.[H-].[H-].[H-].[H-].[Na+].[Na+].[Na+].[Na+]. The van der Waals surface area contributed by atoms with Gasteiger partial charge in [-0.05, 0) is 6.20 Å². The summed E-state index contributed by atoms with van der Waals surface area (Å²) < 4.78 is 0. The van der Waals surface area contributed by atoms with Gasteiger partial charge in [0.2, 0.25) is 0 Å². The molecule has 0 aromatic heterocycles. The van der Waals surface area contributed by atoms with Crippen molar-refractivity contribution < 1.29 is 134 Å². The molecule has 0 amide bonds. The van der Waals surface area contributed by atoms with Crippen LogP contribution < -0.4 is 124 Å². The molecule has 0 heterocycles. The van der Waals surface area contributed by atoms with Crippen LogP contribution in [0, 0.1) is 0 Å². The van der Waals surface area contributed by atoms with E-state index < -0.39 is 5.97 Å². The summed E-state index contributed by atoms with van der Waals surface area (Å²) in [6, 6.07) is 0. The first kappa shape index (κ1) is 37.0. The monoisotopic (exact) mass is 199 g/mol. The molecule has 0 spiro atoms. The fourth-order valence-electron chi connectivity index (χ4n) is 0. The van der Waals surface area contributed by atoms with Gasteiger partial charge in [0, 0.05) is 6.92 Å². The molecule has 0 saturated heterocycles. The molecule has 0 unspecified atom stereocenters. The van der Waals surface area contributed by atoms with Gasteiger partial charge in [-0.1, -0.05) is 6.58 Å². The number of aliphatic carboxylic acids is 1. The van der Waals surface area contributed by atoms with Crippen LogP contribution in [0.25, 0.3) is 0 Å². The normalized spacial score (nSPS) is 3.36. The number of rotatable bonds is 0. The summed E-state index contributed by atoms with van der Waals surface area (Å²) in [4.78, 5) is 9.00. The minimum Gasteiger partial charge on any atom is -1.00 e. The number of nitrogens with two attached hydrogens (primary N) is 1. The van der Waals surface area contributed by atoms with Crippen LogP contribution in [0.5, 0.6) is 0 Å². The first-order valence-electron chi connectivity index (χ1n) is 1.67. The van der Waals surface area contributed by atoms with Crippen molar-refractivity contribution in [1.29, 1.82) is 0 Å². The van der Waals surface area contributed by atoms with Crippen LogP contribution in [-0.4, -0.2) is 11.1 Å². The second-order valence-electron chi connectivity index (χ2n) is 0.755. The minimum absolute atomic E-state index is 0. The van der Waals surface area contributed by atoms with Crippen LogP contribution in [0.3, 0.4) is 0 Å². The van der Waals surface area contributed by atoms with Crippen molar-refractivity contribution in [2.45, 2.75) is 6.92 Å². The van der Waals surface area contributed by atoms with Crippen molar-refractivity contribution in [2.75, 3.05) is 0 Å². The van der Waals surface area contributed by atoms with E-state index in [0.717, 1.165) is 6.92 Å². The van der Waals surface area contributed by atoms with Crippen molar-refractivity contribution in [1.82, 2.24) is 0 Å². The van der Waals surface area contributed by atoms with Gasteiger partial charge in [-0.2, -0.15) is 0 Å². The van der Waals surface area contributed by atoms with Gasteiger partial charge in [0.1, 0.15) is 0 Å². The van der Waals surface area contributed by atoms with Crippen LogP contribution >= 0.6 is 0 Å². The summed E-state index contributed by atoms with van der Waals surface area (Å²) in [7, 11) is 0. The van der Waals surface area contributed by atoms with Gasteiger partial charge < -0.3 is 16.5 Å². The predicted octanol–water partition coefficient (Wildman–Crippen LogP) is -11.4. The minimum atomic E-state index is -0.833. The molecule has 0 aromatic carbocycles. The van der Waals surface area contributed by atoms with Crippen LogP contribution in [0.2, 0.25) is 0 Å². The average Bonchev–Trinajstić information content (AvgIpc) is 1.33. The average molecular weight is 199 g/mol. The molecule has 0 saturated carbocycles. The Hall–Kier alpha value is 3.01. The van der Waals surface area contributed by atoms with Gasteiger partial charge >= 0.3 is 118 Å². The predicted molar refractivity (Wildman–Crippen MR) is 32.1 cm³/mol. The van der Waals surface area contributed by atoms with Gasteiger partial charge in [0.15, 0.2) is 0 Å². The Labute approximate surface area is 162 Å². The zero-order valence-corrected chi connectivity index (χ0v) is 16.2. The van der Waals surface area contributed by atoms with E-state index in [2.05, 4.69) is 12.3 Å². The largest absolute Gasteiger partial charge is 1.00 e. The Bertz CT molecular complexity index is 79.7. The van der Waals surface area contributed by atoms with E-state index in [1.165, 1.54) is 6.20 Å². The molecule has 0 bridgehead atoms. The van der Waals surface area contributed by atoms with E-state index in [0.29, 0.717) is 0 Å². The zero-order chi connectivity index (χ0) is 6.28. The van der Waals surface area contributed by atoms with E-state index in [1.807, 2.05) is 0 Å². The topological polar surface area (TPSA) is 63.3 Å². The third-order valence-electron chi connectivity index (χ3n) is 0. The Morgan fingerprint density at radius 3 is 1.45 bits per heavy atom. The summed E-state index contributed by atoms with van der Waals surface area (Å²) in [5, 5.41) is 7.42. The maximum Gasteiger partial charge on any atom is 1.00 e. The fraction of sp³-hybridized carbons (Fsp3) is 0.250. The molecule has 11 heavy (non-hydrogen) atoms. The van der Waals surface area contributed by atoms with Crippen molar-refractivity contribution in [3.63, 3.8) is 0 Å². The second-order valence-corrected chi connectivity index (χ2v) is 0.755. The molecule has 0 aliphatic rings. The van der Waals surface area contributed by atoms with Gasteiger partial charge in [-0.3, -0.25) is 4.79 Å². The van der Waals surface area contributed by atoms with Crippen LogP contribution in [0.4, 0.5) is 0 Å². The number of hydrogen-bond acceptors (Lipinski definition) is 2. The molecule has 3 N–H and O–H groups in total. The molecule has 7 heteroatoms. The molecule has 0 aromatic rings. The molecule has 0 fully saturated rings. The molecular formula is C4H13NNa4O2. The third kappa shape index (κ3) is 174. The maximum atomic E-state index is 9.00. The fourth-order valence-corrected chi connectivity index (χ4v) is 0. The van der Waals surface area contributed by atoms with Gasteiger partial charge in [-0.15, -0.1) is 0 Å². The third-order valence-corrected chi connectivity index (χ3v) is 0. The van der Waals surface area contributed by atoms with Crippen molar-refractivity contribution >= 4 is 5.97 Å². The van der Waals surface area contributed by atoms with Crippen LogP contribution in [-0.2, 0) is 4.79 Å². The molecule has 0 atom stereocenters. The number of carboxylic acid groups (broad SMARTS) is 1. The molecule has 50 valence electrons. The Morgan fingerprint density at radius 2 is 1.45 bits per heavy atom. The summed E-state index contributed by atoms with van der Waals surface area (Å²) in [5.74, 6) is -0.833. The van der Waals surface area contributed by atoms with E-state index in [-0.39, 0.29) is 124 Å². The summed E-state index contributed by atoms with van der Waals surface area (Å²) >= 11 is 0. The van der Waals surface area contributed by atoms with E-state index in [1.54, 1.807) is 0 Å². The number of hydrogen-bond donors (Lipinski definition) is 2. The van der Waals surface area contributed by atoms with Crippen LogP contribution in [0.1, 0.15) is 12.6 Å². The first-order chi connectivity index (χ1) is 3.15. The van der Waals surface area contributed by atoms with Crippen LogP contribution in [0.15, 0.2) is 12.8 Å². The quantitative estimate of drug-likeness (QED) is 0.381. The standard InChI is InChI=1S/C2H5N.C2H4O2.4Na.4H/c1-2-3;1-2(3)4;;;;;;;;/h2H,1,3H2;1H3,(H,3,4);;;;;;;;/q;;4*+1;4*-1. The molecule has 3 nitrogen and oxygen atoms in total.